The maximum Gasteiger partial charge on any atom is 0.256 e. The number of hydrogen-bond acceptors (Lipinski definition) is 2. The van der Waals surface area contributed by atoms with E-state index in [-0.39, 0.29) is 17.9 Å². The lowest BCUT2D eigenvalue weighted by Gasteiger charge is -2.05. The second-order valence-corrected chi connectivity index (χ2v) is 5.38. The third-order valence-corrected chi connectivity index (χ3v) is 3.59. The van der Waals surface area contributed by atoms with Crippen molar-refractivity contribution in [3.63, 3.8) is 0 Å². The van der Waals surface area contributed by atoms with E-state index in [9.17, 15) is 13.6 Å². The van der Waals surface area contributed by atoms with Gasteiger partial charge in [0.2, 0.25) is 0 Å². The average molecular weight is 327 g/mol. The van der Waals surface area contributed by atoms with Crippen molar-refractivity contribution in [2.45, 2.75) is 13.5 Å². The van der Waals surface area contributed by atoms with Crippen LogP contribution in [0.5, 0.6) is 0 Å². The van der Waals surface area contributed by atoms with E-state index in [2.05, 4.69) is 10.4 Å². The number of hydrogen-bond donors (Lipinski definition) is 1. The Morgan fingerprint density at radius 2 is 1.92 bits per heavy atom. The first kappa shape index (κ1) is 15.9. The van der Waals surface area contributed by atoms with Crippen LogP contribution in [-0.4, -0.2) is 15.7 Å². The fraction of sp³-hybridized carbons (Fsp3) is 0.111. The summed E-state index contributed by atoms with van der Waals surface area (Å²) in [6.45, 7) is 2.07. The van der Waals surface area contributed by atoms with E-state index >= 15 is 0 Å². The van der Waals surface area contributed by atoms with Gasteiger partial charge in [-0.15, -0.1) is 0 Å². The monoisotopic (exact) mass is 327 g/mol. The van der Waals surface area contributed by atoms with E-state index in [0.717, 1.165) is 11.8 Å². The van der Waals surface area contributed by atoms with Gasteiger partial charge in [-0.2, -0.15) is 5.10 Å². The summed E-state index contributed by atoms with van der Waals surface area (Å²) in [6, 6.07) is 13.5. The first-order chi connectivity index (χ1) is 11.5. The molecule has 1 heterocycles. The highest BCUT2D eigenvalue weighted by atomic mass is 19.1. The minimum atomic E-state index is -0.482. The number of aryl methyl sites for hydroxylation is 1. The first-order valence-electron chi connectivity index (χ1n) is 7.38. The lowest BCUT2D eigenvalue weighted by molar-refractivity contribution is 0.102. The highest BCUT2D eigenvalue weighted by Gasteiger charge is 2.12. The molecule has 24 heavy (non-hydrogen) atoms. The molecule has 0 bridgehead atoms. The molecule has 122 valence electrons. The maximum absolute atomic E-state index is 13.7. The van der Waals surface area contributed by atoms with Crippen molar-refractivity contribution >= 4 is 11.7 Å². The van der Waals surface area contributed by atoms with Crippen LogP contribution in [0.1, 0.15) is 21.6 Å². The lowest BCUT2D eigenvalue weighted by Crippen LogP contribution is -2.13. The summed E-state index contributed by atoms with van der Waals surface area (Å²) in [4.78, 5) is 12.1. The molecular weight excluding hydrogens is 312 g/mol. The third-order valence-electron chi connectivity index (χ3n) is 3.59. The average Bonchev–Trinajstić information content (AvgIpc) is 2.89. The van der Waals surface area contributed by atoms with Gasteiger partial charge < -0.3 is 5.32 Å². The minimum Gasteiger partial charge on any atom is -0.305 e. The van der Waals surface area contributed by atoms with Gasteiger partial charge in [-0.1, -0.05) is 24.3 Å². The molecule has 0 aliphatic rings. The Labute approximate surface area is 137 Å². The van der Waals surface area contributed by atoms with Crippen molar-refractivity contribution in [1.82, 2.24) is 9.78 Å². The summed E-state index contributed by atoms with van der Waals surface area (Å²) in [5.41, 5.74) is 1.48. The zero-order chi connectivity index (χ0) is 17.1. The lowest BCUT2D eigenvalue weighted by atomic mass is 10.2. The summed E-state index contributed by atoms with van der Waals surface area (Å²) in [5.74, 6) is -0.912. The zero-order valence-electron chi connectivity index (χ0n) is 13.0. The van der Waals surface area contributed by atoms with Crippen molar-refractivity contribution in [1.29, 1.82) is 0 Å². The molecule has 1 N–H and O–H groups in total. The number of benzene rings is 2. The highest BCUT2D eigenvalue weighted by Crippen LogP contribution is 2.14. The number of carbonyl (C=O) groups is 1. The number of nitrogens with one attached hydrogen (secondary N) is 1. The molecule has 3 rings (SSSR count). The number of anilines is 1. The van der Waals surface area contributed by atoms with Crippen LogP contribution >= 0.6 is 0 Å². The molecule has 0 spiro atoms. The smallest absolute Gasteiger partial charge is 0.256 e. The van der Waals surface area contributed by atoms with Crippen molar-refractivity contribution in [2.24, 2.45) is 0 Å². The summed E-state index contributed by atoms with van der Waals surface area (Å²) in [7, 11) is 0. The Hall–Kier alpha value is -3.02. The van der Waals surface area contributed by atoms with Crippen molar-refractivity contribution in [3.05, 3.63) is 83.1 Å². The number of halogens is 2. The van der Waals surface area contributed by atoms with Crippen LogP contribution in [0.3, 0.4) is 0 Å². The van der Waals surface area contributed by atoms with E-state index in [1.54, 1.807) is 28.9 Å². The molecule has 0 aliphatic carbocycles. The molecular formula is C18H15F2N3O. The van der Waals surface area contributed by atoms with Gasteiger partial charge in [0.15, 0.2) is 5.82 Å². The topological polar surface area (TPSA) is 46.9 Å². The molecule has 4 nitrogen and oxygen atoms in total. The van der Waals surface area contributed by atoms with Crippen LogP contribution in [0.2, 0.25) is 0 Å². The number of amides is 1. The van der Waals surface area contributed by atoms with Crippen molar-refractivity contribution < 1.29 is 13.6 Å². The van der Waals surface area contributed by atoms with Crippen molar-refractivity contribution in [2.75, 3.05) is 5.32 Å². The molecule has 1 aromatic heterocycles. The SMILES string of the molecule is Cc1cc(NC(=O)c2cccc(F)c2)nn1Cc1ccccc1F. The molecule has 0 radical (unpaired) electrons. The molecule has 0 fully saturated rings. The second-order valence-electron chi connectivity index (χ2n) is 5.38. The summed E-state index contributed by atoms with van der Waals surface area (Å²) in [6.07, 6.45) is 0. The molecule has 0 aliphatic heterocycles. The zero-order valence-corrected chi connectivity index (χ0v) is 13.0. The third kappa shape index (κ3) is 3.48. The van der Waals surface area contributed by atoms with Crippen LogP contribution in [0, 0.1) is 18.6 Å². The van der Waals surface area contributed by atoms with E-state index < -0.39 is 11.7 Å². The van der Waals surface area contributed by atoms with E-state index in [4.69, 9.17) is 0 Å². The predicted molar refractivity (Wildman–Crippen MR) is 86.8 cm³/mol. The number of aromatic nitrogens is 2. The fourth-order valence-electron chi connectivity index (χ4n) is 2.34. The molecule has 0 saturated carbocycles. The summed E-state index contributed by atoms with van der Waals surface area (Å²) >= 11 is 0. The fourth-order valence-corrected chi connectivity index (χ4v) is 2.34. The molecule has 1 amide bonds. The second kappa shape index (κ2) is 6.62. The first-order valence-corrected chi connectivity index (χ1v) is 7.38. The largest absolute Gasteiger partial charge is 0.305 e. The quantitative estimate of drug-likeness (QED) is 0.793. The molecule has 2 aromatic carbocycles. The van der Waals surface area contributed by atoms with Gasteiger partial charge in [-0.3, -0.25) is 9.48 Å². The summed E-state index contributed by atoms with van der Waals surface area (Å²) < 4.78 is 28.5. The Balaban J connectivity index is 1.77. The Kier molecular flexibility index (Phi) is 4.37. The van der Waals surface area contributed by atoms with Crippen LogP contribution in [0.25, 0.3) is 0 Å². The van der Waals surface area contributed by atoms with Crippen molar-refractivity contribution in [3.8, 4) is 0 Å². The van der Waals surface area contributed by atoms with Gasteiger partial charge in [0.25, 0.3) is 5.91 Å². The van der Waals surface area contributed by atoms with Crippen LogP contribution in [0.4, 0.5) is 14.6 Å². The Morgan fingerprint density at radius 1 is 1.12 bits per heavy atom. The number of rotatable bonds is 4. The van der Waals surface area contributed by atoms with Gasteiger partial charge >= 0.3 is 0 Å². The molecule has 0 atom stereocenters. The highest BCUT2D eigenvalue weighted by molar-refractivity contribution is 6.03. The van der Waals surface area contributed by atoms with Gasteiger partial charge in [0, 0.05) is 22.9 Å². The van der Waals surface area contributed by atoms with Gasteiger partial charge in [-0.05, 0) is 31.2 Å². The molecule has 6 heteroatoms. The van der Waals surface area contributed by atoms with Crippen LogP contribution in [-0.2, 0) is 6.54 Å². The maximum atomic E-state index is 13.7. The van der Waals surface area contributed by atoms with Crippen LogP contribution in [0.15, 0.2) is 54.6 Å². The van der Waals surface area contributed by atoms with Crippen LogP contribution < -0.4 is 5.32 Å². The standard InChI is InChI=1S/C18H15F2N3O/c1-12-9-17(21-18(24)13-6-4-7-15(19)10-13)22-23(12)11-14-5-2-3-8-16(14)20/h2-10H,11H2,1H3,(H,21,22,24). The van der Waals surface area contributed by atoms with E-state index in [1.165, 1.54) is 24.3 Å². The van der Waals surface area contributed by atoms with Gasteiger partial charge in [-0.25, -0.2) is 8.78 Å². The Bertz CT molecular complexity index is 889. The number of carbonyl (C=O) groups excluding carboxylic acids is 1. The molecule has 0 saturated heterocycles. The predicted octanol–water partition coefficient (Wildman–Crippen LogP) is 3.77. The normalized spacial score (nSPS) is 10.6. The van der Waals surface area contributed by atoms with E-state index in [1.807, 2.05) is 6.92 Å². The van der Waals surface area contributed by atoms with E-state index in [0.29, 0.717) is 11.4 Å². The van der Waals surface area contributed by atoms with Gasteiger partial charge in [0.1, 0.15) is 11.6 Å². The summed E-state index contributed by atoms with van der Waals surface area (Å²) in [5, 5.41) is 6.87. The minimum absolute atomic E-state index is 0.205. The van der Waals surface area contributed by atoms with Gasteiger partial charge in [0.05, 0.1) is 6.54 Å². The molecule has 0 unspecified atom stereocenters. The molecule has 3 aromatic rings. The Morgan fingerprint density at radius 3 is 2.67 bits per heavy atom. The number of nitrogens with zero attached hydrogens (tertiary/aromatic N) is 2.